The minimum Gasteiger partial charge on any atom is -0.480 e. The van der Waals surface area contributed by atoms with Gasteiger partial charge in [-0.15, -0.1) is 0 Å². The highest BCUT2D eigenvalue weighted by atomic mass is 16.4. The second kappa shape index (κ2) is 30.5. The van der Waals surface area contributed by atoms with Crippen LogP contribution in [0.15, 0.2) is 152 Å². The van der Waals surface area contributed by atoms with Gasteiger partial charge in [-0.05, 0) is 58.1 Å². The maximum Gasteiger partial charge on any atom is 0.326 e. The highest BCUT2D eigenvalue weighted by Gasteiger charge is 2.37. The van der Waals surface area contributed by atoms with E-state index in [1.54, 1.807) is 116 Å². The fraction of sp³-hybridized carbons (Fsp3) is 0.269. The maximum atomic E-state index is 15.1. The molecule has 0 radical (unpaired) electrons. The quantitative estimate of drug-likeness (QED) is 0.0269. The van der Waals surface area contributed by atoms with Gasteiger partial charge in [0.2, 0.25) is 47.3 Å². The number of nitrogens with one attached hydrogen (secondary N) is 13. The number of H-pyrrole nitrogens is 5. The molecule has 494 valence electrons. The van der Waals surface area contributed by atoms with Gasteiger partial charge in [0.15, 0.2) is 0 Å². The minimum atomic E-state index is -1.84. The third-order valence-corrected chi connectivity index (χ3v) is 16.6. The molecule has 0 fully saturated rings. The Hall–Kier alpha value is -11.2. The van der Waals surface area contributed by atoms with E-state index < -0.39 is 134 Å². The lowest BCUT2D eigenvalue weighted by Crippen LogP contribution is -2.62. The fourth-order valence-electron chi connectivity index (χ4n) is 11.5. The van der Waals surface area contributed by atoms with Crippen molar-refractivity contribution in [3.8, 4) is 0 Å². The summed E-state index contributed by atoms with van der Waals surface area (Å²) >= 11 is 0. The number of nitrogens with two attached hydrogens (primary N) is 1. The number of carbonyl (C=O) groups is 9. The molecule has 5 aromatic heterocycles. The fourth-order valence-corrected chi connectivity index (χ4v) is 11.5. The molecule has 8 amide bonds. The largest absolute Gasteiger partial charge is 0.480 e. The Bertz CT molecular complexity index is 4440. The molecule has 10 rings (SSSR count). The van der Waals surface area contributed by atoms with Gasteiger partial charge in [0.1, 0.15) is 54.4 Å². The summed E-state index contributed by atoms with van der Waals surface area (Å²) in [5.41, 5.74) is 11.8. The number of hydrogen-bond donors (Lipinski definition) is 19. The lowest BCUT2D eigenvalue weighted by molar-refractivity contribution is -0.142. The zero-order valence-corrected chi connectivity index (χ0v) is 51.0. The Kier molecular flexibility index (Phi) is 21.4. The second-order valence-electron chi connectivity index (χ2n) is 23.0. The molecular formula is C67H72N14O14. The van der Waals surface area contributed by atoms with Gasteiger partial charge in [0.05, 0.1) is 26.4 Å². The summed E-state index contributed by atoms with van der Waals surface area (Å²) in [6, 6.07) is 21.3. The van der Waals surface area contributed by atoms with Crippen LogP contribution in [0.1, 0.15) is 27.8 Å². The van der Waals surface area contributed by atoms with Crippen molar-refractivity contribution in [1.82, 2.24) is 67.5 Å². The molecule has 0 aliphatic heterocycles. The van der Waals surface area contributed by atoms with Gasteiger partial charge in [0.25, 0.3) is 0 Å². The van der Waals surface area contributed by atoms with Crippen LogP contribution in [0, 0.1) is 0 Å². The molecule has 28 nitrogen and oxygen atoms in total. The predicted octanol–water partition coefficient (Wildman–Crippen LogP) is -0.134. The Labute approximate surface area is 540 Å². The average molecular weight is 1300 g/mol. The molecule has 0 unspecified atom stereocenters. The number of aromatic amines is 5. The molecule has 20 N–H and O–H groups in total. The van der Waals surface area contributed by atoms with Crippen molar-refractivity contribution in [3.63, 3.8) is 0 Å². The number of aromatic nitrogens is 5. The molecule has 0 spiro atoms. The Morgan fingerprint density at radius 3 is 0.726 bits per heavy atom. The smallest absolute Gasteiger partial charge is 0.326 e. The first kappa shape index (κ1) is 66.7. The first-order valence-electron chi connectivity index (χ1n) is 30.5. The van der Waals surface area contributed by atoms with Crippen LogP contribution >= 0.6 is 0 Å². The summed E-state index contributed by atoms with van der Waals surface area (Å²) < 4.78 is 0. The molecule has 0 aliphatic rings. The number of aliphatic carboxylic acids is 1. The number of para-hydroxylation sites is 5. The van der Waals surface area contributed by atoms with E-state index in [0.29, 0.717) is 65.9 Å². The standard InChI is InChI=1S/C67H72N14O14/c68-45(31-82)59(86)79-56(32-83)66(93)81-58(34-85)65(92)77-52(22-36-27-70-47-17-7-2-12-41(36)47)61(88)75-54(24-38-29-72-49-19-9-4-14-43(38)49)63(90)80-57(33-84)64(91)76-51(21-35-26-69-46-16-6-1-11-40(35)46)60(87)74-53(23-37-28-71-48-18-8-3-13-42(37)48)62(89)78-55(67(94)95)25-39-30-73-50-20-10-5-15-44(39)50/h1-20,26-30,45,51-58,69-73,82-85H,21-25,31-34,68H2,(H,74,87)(H,75,88)(H,76,91)(H,77,92)(H,78,89)(H,79,86)(H,80,90)(H,81,93)(H,94,95)/t45-,51-,52-,53-,54-,55-,56-,57-,58-/m0/s1. The van der Waals surface area contributed by atoms with Crippen LogP contribution in [0.25, 0.3) is 54.5 Å². The van der Waals surface area contributed by atoms with E-state index in [4.69, 9.17) is 5.73 Å². The van der Waals surface area contributed by atoms with Crippen molar-refractivity contribution >= 4 is 108 Å². The molecule has 5 heterocycles. The van der Waals surface area contributed by atoms with Crippen molar-refractivity contribution in [3.05, 3.63) is 180 Å². The van der Waals surface area contributed by atoms with Crippen molar-refractivity contribution in [2.45, 2.75) is 86.5 Å². The van der Waals surface area contributed by atoms with Crippen LogP contribution in [0.3, 0.4) is 0 Å². The van der Waals surface area contributed by atoms with Crippen LogP contribution < -0.4 is 48.3 Å². The van der Waals surface area contributed by atoms with Crippen molar-refractivity contribution in [2.24, 2.45) is 5.73 Å². The van der Waals surface area contributed by atoms with Crippen molar-refractivity contribution < 1.29 is 68.7 Å². The number of aliphatic hydroxyl groups is 4. The lowest BCUT2D eigenvalue weighted by Gasteiger charge is -2.27. The van der Waals surface area contributed by atoms with E-state index in [1.807, 2.05) is 36.4 Å². The number of rotatable bonds is 31. The second-order valence-corrected chi connectivity index (χ2v) is 23.0. The minimum absolute atomic E-state index is 0.130. The van der Waals surface area contributed by atoms with Gasteiger partial charge in [-0.25, -0.2) is 4.79 Å². The third-order valence-electron chi connectivity index (χ3n) is 16.6. The molecule has 0 bridgehead atoms. The molecule has 9 atom stereocenters. The number of hydrogen-bond acceptors (Lipinski definition) is 14. The van der Waals surface area contributed by atoms with E-state index in [1.165, 1.54) is 0 Å². The molecule has 10 aromatic rings. The SMILES string of the molecule is N[C@@H](CO)C(=O)N[C@@H](CO)C(=O)N[C@@H](CO)C(=O)N[C@@H](Cc1c[nH]c2ccccc12)C(=O)N[C@@H](Cc1c[nH]c2ccccc12)C(=O)N[C@@H](CO)C(=O)N[C@@H](Cc1c[nH]c2ccccc12)C(=O)N[C@@H](Cc1c[nH]c2ccccc12)C(=O)N[C@@H](Cc1c[nH]c2ccccc12)C(=O)O. The number of benzene rings is 5. The van der Waals surface area contributed by atoms with Crippen molar-refractivity contribution in [2.75, 3.05) is 26.4 Å². The monoisotopic (exact) mass is 1300 g/mol. The predicted molar refractivity (Wildman–Crippen MR) is 349 cm³/mol. The Morgan fingerprint density at radius 2 is 0.495 bits per heavy atom. The molecule has 95 heavy (non-hydrogen) atoms. The van der Waals surface area contributed by atoms with Crippen LogP contribution in [0.5, 0.6) is 0 Å². The van der Waals surface area contributed by atoms with E-state index in [2.05, 4.69) is 67.5 Å². The van der Waals surface area contributed by atoms with Gasteiger partial charge in [-0.2, -0.15) is 0 Å². The summed E-state index contributed by atoms with van der Waals surface area (Å²) in [7, 11) is 0. The number of aliphatic hydroxyl groups excluding tert-OH is 4. The summed E-state index contributed by atoms with van der Waals surface area (Å²) in [5.74, 6) is -9.47. The first-order valence-corrected chi connectivity index (χ1v) is 30.5. The number of fused-ring (bicyclic) bond motifs is 5. The summed E-state index contributed by atoms with van der Waals surface area (Å²) in [5, 5.41) is 75.0. The zero-order valence-electron chi connectivity index (χ0n) is 51.0. The van der Waals surface area contributed by atoms with E-state index in [-0.39, 0.29) is 32.1 Å². The zero-order chi connectivity index (χ0) is 67.3. The molecular weight excluding hydrogens is 1220 g/mol. The average Bonchev–Trinajstić information content (AvgIpc) is 1.80. The number of carbonyl (C=O) groups excluding carboxylic acids is 8. The highest BCUT2D eigenvalue weighted by molar-refractivity contribution is 6.00. The van der Waals surface area contributed by atoms with E-state index >= 15 is 4.79 Å². The number of carboxylic acid groups (broad SMARTS) is 1. The Morgan fingerprint density at radius 1 is 0.295 bits per heavy atom. The summed E-state index contributed by atoms with van der Waals surface area (Å²) in [6.07, 6.45) is 7.12. The summed E-state index contributed by atoms with van der Waals surface area (Å²) in [6.45, 7) is -3.89. The number of amides is 8. The van der Waals surface area contributed by atoms with Gasteiger partial charge >= 0.3 is 5.97 Å². The van der Waals surface area contributed by atoms with E-state index in [0.717, 1.165) is 16.4 Å². The Balaban J connectivity index is 0.924. The number of carboxylic acids is 1. The first-order chi connectivity index (χ1) is 45.9. The van der Waals surface area contributed by atoms with Crippen LogP contribution in [0.4, 0.5) is 0 Å². The highest BCUT2D eigenvalue weighted by Crippen LogP contribution is 2.25. The molecule has 28 heteroatoms. The topological polar surface area (TPSA) is 456 Å². The third kappa shape index (κ3) is 15.8. The van der Waals surface area contributed by atoms with Crippen molar-refractivity contribution in [1.29, 1.82) is 0 Å². The molecule has 5 aromatic carbocycles. The van der Waals surface area contributed by atoms with Gasteiger partial charge in [-0.3, -0.25) is 38.4 Å². The normalized spacial score (nSPS) is 14.4. The van der Waals surface area contributed by atoms with Gasteiger partial charge in [0, 0.05) is 118 Å². The lowest BCUT2D eigenvalue weighted by atomic mass is 10.00. The maximum absolute atomic E-state index is 15.1. The van der Waals surface area contributed by atoms with Gasteiger partial charge < -0.3 is 98.7 Å². The summed E-state index contributed by atoms with van der Waals surface area (Å²) in [4.78, 5) is 143. The van der Waals surface area contributed by atoms with Crippen LogP contribution in [-0.2, 0) is 75.3 Å². The van der Waals surface area contributed by atoms with E-state index in [9.17, 15) is 63.9 Å². The molecule has 0 aliphatic carbocycles. The molecule has 0 saturated heterocycles. The van der Waals surface area contributed by atoms with Gasteiger partial charge in [-0.1, -0.05) is 91.0 Å². The molecule has 0 saturated carbocycles. The van der Waals surface area contributed by atoms with Crippen LogP contribution in [-0.4, -0.2) is 184 Å². The van der Waals surface area contributed by atoms with Crippen LogP contribution in [0.2, 0.25) is 0 Å².